The van der Waals surface area contributed by atoms with E-state index in [4.69, 9.17) is 5.84 Å². The molecule has 1 rings (SSSR count). The Balaban J connectivity index is 2.53. The van der Waals surface area contributed by atoms with Crippen LogP contribution in [0.25, 0.3) is 0 Å². The van der Waals surface area contributed by atoms with Crippen LogP contribution >= 0.6 is 11.3 Å². The van der Waals surface area contributed by atoms with Crippen LogP contribution in [0.15, 0.2) is 6.20 Å². The Morgan fingerprint density at radius 3 is 2.85 bits per heavy atom. The normalized spacial score (nSPS) is 11.2. The van der Waals surface area contributed by atoms with Crippen molar-refractivity contribution >= 4 is 16.5 Å². The van der Waals surface area contributed by atoms with E-state index in [0.717, 1.165) is 11.7 Å². The summed E-state index contributed by atoms with van der Waals surface area (Å²) in [5.41, 5.74) is 2.54. The highest BCUT2D eigenvalue weighted by atomic mass is 32.1. The summed E-state index contributed by atoms with van der Waals surface area (Å²) in [7, 11) is 2.10. The molecule has 0 aliphatic carbocycles. The minimum atomic E-state index is 0.552. The van der Waals surface area contributed by atoms with Gasteiger partial charge in [0.1, 0.15) is 0 Å². The minimum absolute atomic E-state index is 0.552. The molecule has 13 heavy (non-hydrogen) atoms. The van der Waals surface area contributed by atoms with Gasteiger partial charge in [-0.3, -0.25) is 10.3 Å². The monoisotopic (exact) mass is 200 g/mol. The van der Waals surface area contributed by atoms with Crippen molar-refractivity contribution in [3.8, 4) is 0 Å². The molecule has 0 unspecified atom stereocenters. The van der Waals surface area contributed by atoms with Crippen LogP contribution in [-0.2, 0) is 6.54 Å². The molecule has 5 heteroatoms. The number of rotatable bonds is 4. The second-order valence-corrected chi connectivity index (χ2v) is 4.40. The summed E-state index contributed by atoms with van der Waals surface area (Å²) in [4.78, 5) is 7.59. The molecule has 0 saturated carbocycles. The number of aromatic nitrogens is 1. The first-order chi connectivity index (χ1) is 6.13. The molecule has 0 saturated heterocycles. The fourth-order valence-corrected chi connectivity index (χ4v) is 1.66. The van der Waals surface area contributed by atoms with Gasteiger partial charge in [0.15, 0.2) is 5.13 Å². The van der Waals surface area contributed by atoms with E-state index in [-0.39, 0.29) is 0 Å². The minimum Gasteiger partial charge on any atom is -0.300 e. The molecule has 0 spiro atoms. The van der Waals surface area contributed by atoms with E-state index in [1.807, 2.05) is 6.20 Å². The smallest absolute Gasteiger partial charge is 0.197 e. The van der Waals surface area contributed by atoms with E-state index in [1.165, 1.54) is 4.88 Å². The van der Waals surface area contributed by atoms with Crippen molar-refractivity contribution < 1.29 is 0 Å². The molecule has 1 aromatic rings. The summed E-state index contributed by atoms with van der Waals surface area (Å²) < 4.78 is 0. The van der Waals surface area contributed by atoms with Crippen LogP contribution in [0.3, 0.4) is 0 Å². The molecule has 0 aliphatic heterocycles. The van der Waals surface area contributed by atoms with Crippen molar-refractivity contribution in [3.05, 3.63) is 11.1 Å². The first kappa shape index (κ1) is 10.4. The third-order valence-electron chi connectivity index (χ3n) is 1.96. The number of hydrazine groups is 1. The van der Waals surface area contributed by atoms with Crippen LogP contribution < -0.4 is 11.3 Å². The molecule has 74 valence electrons. The third kappa shape index (κ3) is 2.95. The van der Waals surface area contributed by atoms with Crippen LogP contribution in [0.4, 0.5) is 5.13 Å². The fourth-order valence-electron chi connectivity index (χ4n) is 0.876. The largest absolute Gasteiger partial charge is 0.300 e. The zero-order chi connectivity index (χ0) is 9.84. The SMILES string of the molecule is CC(C)N(C)Cc1cnc(NN)s1. The molecular formula is C8H16N4S. The predicted octanol–water partition coefficient (Wildman–Crippen LogP) is 1.27. The van der Waals surface area contributed by atoms with E-state index >= 15 is 0 Å². The van der Waals surface area contributed by atoms with Gasteiger partial charge in [-0.25, -0.2) is 10.8 Å². The second-order valence-electron chi connectivity index (χ2n) is 3.28. The Labute approximate surface area is 82.7 Å². The maximum absolute atomic E-state index is 5.24. The maximum atomic E-state index is 5.24. The predicted molar refractivity (Wildman–Crippen MR) is 56.5 cm³/mol. The average Bonchev–Trinajstić information content (AvgIpc) is 2.52. The van der Waals surface area contributed by atoms with E-state index in [0.29, 0.717) is 6.04 Å². The number of nitrogens with one attached hydrogen (secondary N) is 1. The Kier molecular flexibility index (Phi) is 3.65. The molecule has 0 aliphatic rings. The molecule has 3 N–H and O–H groups in total. The van der Waals surface area contributed by atoms with E-state index < -0.39 is 0 Å². The van der Waals surface area contributed by atoms with Crippen LogP contribution in [0.2, 0.25) is 0 Å². The van der Waals surface area contributed by atoms with Gasteiger partial charge in [-0.15, -0.1) is 0 Å². The van der Waals surface area contributed by atoms with Gasteiger partial charge < -0.3 is 0 Å². The van der Waals surface area contributed by atoms with Gasteiger partial charge in [-0.2, -0.15) is 0 Å². The zero-order valence-electron chi connectivity index (χ0n) is 8.24. The first-order valence-corrected chi connectivity index (χ1v) is 5.06. The van der Waals surface area contributed by atoms with Crippen molar-refractivity contribution in [2.24, 2.45) is 5.84 Å². The van der Waals surface area contributed by atoms with Crippen molar-refractivity contribution in [1.29, 1.82) is 0 Å². The highest BCUT2D eigenvalue weighted by Gasteiger charge is 2.06. The van der Waals surface area contributed by atoms with Crippen LogP contribution in [-0.4, -0.2) is 23.0 Å². The Bertz CT molecular complexity index is 258. The standard InChI is InChI=1S/C8H16N4S/c1-6(2)12(3)5-7-4-10-8(11-9)13-7/h4,6H,5,9H2,1-3H3,(H,10,11). The number of thiazole rings is 1. The van der Waals surface area contributed by atoms with Crippen LogP contribution in [0.1, 0.15) is 18.7 Å². The number of nitrogen functional groups attached to an aromatic ring is 1. The van der Waals surface area contributed by atoms with Crippen molar-refractivity contribution in [1.82, 2.24) is 9.88 Å². The molecule has 0 aromatic carbocycles. The first-order valence-electron chi connectivity index (χ1n) is 4.25. The quantitative estimate of drug-likeness (QED) is 0.567. The van der Waals surface area contributed by atoms with Gasteiger partial charge in [0, 0.05) is 23.7 Å². The topological polar surface area (TPSA) is 54.2 Å². The summed E-state index contributed by atoms with van der Waals surface area (Å²) in [6.07, 6.45) is 1.86. The van der Waals surface area contributed by atoms with E-state index in [9.17, 15) is 0 Å². The van der Waals surface area contributed by atoms with Gasteiger partial charge in [-0.05, 0) is 20.9 Å². The van der Waals surface area contributed by atoms with Gasteiger partial charge in [0.05, 0.1) is 0 Å². The molecule has 0 atom stereocenters. The molecule has 0 amide bonds. The van der Waals surface area contributed by atoms with Crippen molar-refractivity contribution in [2.45, 2.75) is 26.4 Å². The van der Waals surface area contributed by atoms with E-state index in [1.54, 1.807) is 11.3 Å². The van der Waals surface area contributed by atoms with Crippen molar-refractivity contribution in [2.75, 3.05) is 12.5 Å². The summed E-state index contributed by atoms with van der Waals surface area (Å²) in [6, 6.07) is 0.552. The number of hydrogen-bond donors (Lipinski definition) is 2. The summed E-state index contributed by atoms with van der Waals surface area (Å²) in [5.74, 6) is 5.24. The van der Waals surface area contributed by atoms with Crippen molar-refractivity contribution in [3.63, 3.8) is 0 Å². The third-order valence-corrected chi connectivity index (χ3v) is 2.88. The lowest BCUT2D eigenvalue weighted by Crippen LogP contribution is -2.25. The highest BCUT2D eigenvalue weighted by molar-refractivity contribution is 7.15. The average molecular weight is 200 g/mol. The lowest BCUT2D eigenvalue weighted by Gasteiger charge is -2.19. The molecule has 0 radical (unpaired) electrons. The zero-order valence-corrected chi connectivity index (χ0v) is 9.06. The van der Waals surface area contributed by atoms with Crippen LogP contribution in [0, 0.1) is 0 Å². The lowest BCUT2D eigenvalue weighted by molar-refractivity contribution is 0.268. The summed E-state index contributed by atoms with van der Waals surface area (Å²) >= 11 is 1.59. The Hall–Kier alpha value is -0.650. The Morgan fingerprint density at radius 2 is 2.38 bits per heavy atom. The van der Waals surface area contributed by atoms with Gasteiger partial charge in [-0.1, -0.05) is 11.3 Å². The molecule has 1 heterocycles. The maximum Gasteiger partial charge on any atom is 0.197 e. The molecule has 1 aromatic heterocycles. The number of hydrogen-bond acceptors (Lipinski definition) is 5. The van der Waals surface area contributed by atoms with Gasteiger partial charge in [0.2, 0.25) is 0 Å². The fraction of sp³-hybridized carbons (Fsp3) is 0.625. The lowest BCUT2D eigenvalue weighted by atomic mass is 10.3. The molecular weight excluding hydrogens is 184 g/mol. The molecule has 0 bridgehead atoms. The van der Waals surface area contributed by atoms with Gasteiger partial charge in [0.25, 0.3) is 0 Å². The second kappa shape index (κ2) is 4.55. The highest BCUT2D eigenvalue weighted by Crippen LogP contribution is 2.18. The summed E-state index contributed by atoms with van der Waals surface area (Å²) in [6.45, 7) is 5.27. The summed E-state index contributed by atoms with van der Waals surface area (Å²) in [5, 5.41) is 0.771. The van der Waals surface area contributed by atoms with E-state index in [2.05, 4.69) is 36.2 Å². The molecule has 0 fully saturated rings. The number of anilines is 1. The molecule has 4 nitrogen and oxygen atoms in total. The number of nitrogens with two attached hydrogens (primary N) is 1. The Morgan fingerprint density at radius 1 is 1.69 bits per heavy atom. The van der Waals surface area contributed by atoms with Gasteiger partial charge >= 0.3 is 0 Å². The van der Waals surface area contributed by atoms with Crippen LogP contribution in [0.5, 0.6) is 0 Å². The number of nitrogens with zero attached hydrogens (tertiary/aromatic N) is 2.